The fourth-order valence-electron chi connectivity index (χ4n) is 2.41. The molecule has 5 heteroatoms. The van der Waals surface area contributed by atoms with Gasteiger partial charge in [-0.15, -0.1) is 0 Å². The summed E-state index contributed by atoms with van der Waals surface area (Å²) in [5, 5.41) is 0.137. The van der Waals surface area contributed by atoms with Gasteiger partial charge in [0.25, 0.3) is 11.8 Å². The molecule has 106 valence electrons. The highest BCUT2D eigenvalue weighted by Crippen LogP contribution is 2.27. The topological polar surface area (TPSA) is 54.5 Å². The van der Waals surface area contributed by atoms with Crippen LogP contribution in [0.1, 0.15) is 41.0 Å². The van der Waals surface area contributed by atoms with Gasteiger partial charge in [-0.05, 0) is 24.5 Å². The summed E-state index contributed by atoms with van der Waals surface area (Å²) in [7, 11) is 0. The Morgan fingerprint density at radius 1 is 1.15 bits per heavy atom. The highest BCUT2D eigenvalue weighted by molar-refractivity contribution is 9.09. The molecule has 4 nitrogen and oxygen atoms in total. The summed E-state index contributed by atoms with van der Waals surface area (Å²) in [4.78, 5) is 38.0. The predicted molar refractivity (Wildman–Crippen MR) is 79.0 cm³/mol. The molecule has 0 unspecified atom stereocenters. The van der Waals surface area contributed by atoms with E-state index in [0.29, 0.717) is 17.5 Å². The van der Waals surface area contributed by atoms with E-state index in [-0.39, 0.29) is 28.8 Å². The van der Waals surface area contributed by atoms with Crippen LogP contribution in [0.15, 0.2) is 24.3 Å². The van der Waals surface area contributed by atoms with Gasteiger partial charge in [0, 0.05) is 0 Å². The van der Waals surface area contributed by atoms with Gasteiger partial charge in [0.1, 0.15) is 0 Å². The van der Waals surface area contributed by atoms with E-state index in [2.05, 4.69) is 15.9 Å². The molecule has 1 aliphatic heterocycles. The second-order valence-corrected chi connectivity index (χ2v) is 5.83. The lowest BCUT2D eigenvalue weighted by Gasteiger charge is -2.25. The molecule has 0 fully saturated rings. The molecule has 2 rings (SSSR count). The van der Waals surface area contributed by atoms with Gasteiger partial charge in [0.15, 0.2) is 5.78 Å². The van der Waals surface area contributed by atoms with E-state index in [1.54, 1.807) is 24.3 Å². The van der Waals surface area contributed by atoms with Crippen molar-refractivity contribution in [3.05, 3.63) is 35.4 Å². The van der Waals surface area contributed by atoms with Crippen LogP contribution in [0.4, 0.5) is 0 Å². The number of nitrogens with zero attached hydrogens (tertiary/aromatic N) is 1. The number of hydrogen-bond donors (Lipinski definition) is 0. The summed E-state index contributed by atoms with van der Waals surface area (Å²) in [6, 6.07) is 6.00. The molecule has 0 spiro atoms. The fourth-order valence-corrected chi connectivity index (χ4v) is 2.78. The summed E-state index contributed by atoms with van der Waals surface area (Å²) < 4.78 is 0. The van der Waals surface area contributed by atoms with E-state index in [0.717, 1.165) is 4.90 Å². The summed E-state index contributed by atoms with van der Waals surface area (Å²) in [6.07, 6.45) is 0.482. The van der Waals surface area contributed by atoms with Gasteiger partial charge < -0.3 is 0 Å². The number of rotatable bonds is 5. The van der Waals surface area contributed by atoms with E-state index in [1.165, 1.54) is 0 Å². The highest BCUT2D eigenvalue weighted by Gasteiger charge is 2.42. The Hall–Kier alpha value is -1.49. The second-order valence-electron chi connectivity index (χ2n) is 5.27. The Bertz CT molecular complexity index is 533. The van der Waals surface area contributed by atoms with Crippen LogP contribution in [-0.4, -0.2) is 33.9 Å². The van der Waals surface area contributed by atoms with Crippen LogP contribution in [0, 0.1) is 5.92 Å². The van der Waals surface area contributed by atoms with Crippen LogP contribution in [0.2, 0.25) is 0 Å². The van der Waals surface area contributed by atoms with E-state index < -0.39 is 6.04 Å². The van der Waals surface area contributed by atoms with Crippen molar-refractivity contribution < 1.29 is 14.4 Å². The van der Waals surface area contributed by atoms with Gasteiger partial charge in [-0.3, -0.25) is 19.3 Å². The Morgan fingerprint density at radius 3 is 2.05 bits per heavy atom. The first-order valence-corrected chi connectivity index (χ1v) is 7.65. The number of carbonyl (C=O) groups is 3. The number of ketones is 1. The molecule has 20 heavy (non-hydrogen) atoms. The second kappa shape index (κ2) is 5.87. The molecule has 1 aliphatic rings. The number of hydrogen-bond acceptors (Lipinski definition) is 3. The van der Waals surface area contributed by atoms with E-state index in [9.17, 15) is 14.4 Å². The van der Waals surface area contributed by atoms with Gasteiger partial charge in [0.2, 0.25) is 0 Å². The Kier molecular flexibility index (Phi) is 4.38. The third kappa shape index (κ3) is 2.54. The largest absolute Gasteiger partial charge is 0.296 e. The summed E-state index contributed by atoms with van der Waals surface area (Å²) in [5.41, 5.74) is 0.766. The molecular weight excluding hydrogens is 322 g/mol. The van der Waals surface area contributed by atoms with Gasteiger partial charge >= 0.3 is 0 Å². The van der Waals surface area contributed by atoms with Crippen molar-refractivity contribution in [2.24, 2.45) is 5.92 Å². The maximum absolute atomic E-state index is 12.4. The number of benzene rings is 1. The lowest BCUT2D eigenvalue weighted by Crippen LogP contribution is -2.46. The molecule has 2 amide bonds. The third-order valence-electron chi connectivity index (χ3n) is 3.34. The van der Waals surface area contributed by atoms with Crippen molar-refractivity contribution in [2.75, 3.05) is 5.33 Å². The molecular formula is C15H16BrNO3. The van der Waals surface area contributed by atoms with Crippen molar-refractivity contribution >= 4 is 33.5 Å². The van der Waals surface area contributed by atoms with Crippen molar-refractivity contribution in [3.8, 4) is 0 Å². The zero-order valence-electron chi connectivity index (χ0n) is 11.4. The van der Waals surface area contributed by atoms with Crippen molar-refractivity contribution in [1.29, 1.82) is 0 Å². The molecule has 1 aromatic carbocycles. The molecule has 0 saturated heterocycles. The standard InChI is InChI=1S/C15H16BrNO3/c1-9(2)7-12(13(18)8-16)17-14(19)10-5-3-4-6-11(10)15(17)20/h3-6,9,12H,7-8H2,1-2H3/t12-/m0/s1. The number of alkyl halides is 1. The molecule has 0 aromatic heterocycles. The fraction of sp³-hybridized carbons (Fsp3) is 0.400. The minimum absolute atomic E-state index is 0.137. The average molecular weight is 338 g/mol. The Morgan fingerprint density at radius 2 is 1.65 bits per heavy atom. The minimum Gasteiger partial charge on any atom is -0.296 e. The first-order chi connectivity index (χ1) is 9.47. The highest BCUT2D eigenvalue weighted by atomic mass is 79.9. The zero-order valence-corrected chi connectivity index (χ0v) is 13.0. The number of Topliss-reactive ketones (excluding diaryl/α,β-unsaturated/α-hetero) is 1. The third-order valence-corrected chi connectivity index (χ3v) is 3.89. The van der Waals surface area contributed by atoms with Crippen LogP contribution < -0.4 is 0 Å². The zero-order chi connectivity index (χ0) is 14.9. The van der Waals surface area contributed by atoms with Crippen LogP contribution in [0.25, 0.3) is 0 Å². The summed E-state index contributed by atoms with van der Waals surface area (Å²) >= 11 is 3.13. The van der Waals surface area contributed by atoms with E-state index in [1.807, 2.05) is 13.8 Å². The SMILES string of the molecule is CC(C)C[C@@H](C(=O)CBr)N1C(=O)c2ccccc2C1=O. The van der Waals surface area contributed by atoms with Crippen molar-refractivity contribution in [2.45, 2.75) is 26.3 Å². The van der Waals surface area contributed by atoms with Crippen LogP contribution in [-0.2, 0) is 4.79 Å². The predicted octanol–water partition coefficient (Wildman–Crippen LogP) is 2.66. The summed E-state index contributed by atoms with van der Waals surface area (Å²) in [5.74, 6) is -0.670. The maximum Gasteiger partial charge on any atom is 0.262 e. The summed E-state index contributed by atoms with van der Waals surface area (Å²) in [6.45, 7) is 3.93. The Balaban J connectivity index is 2.39. The number of carbonyl (C=O) groups excluding carboxylic acids is 3. The van der Waals surface area contributed by atoms with Gasteiger partial charge in [-0.1, -0.05) is 41.9 Å². The Labute approximate surface area is 126 Å². The number of amides is 2. The number of fused-ring (bicyclic) bond motifs is 1. The monoisotopic (exact) mass is 337 g/mol. The van der Waals surface area contributed by atoms with E-state index >= 15 is 0 Å². The van der Waals surface area contributed by atoms with Gasteiger partial charge in [-0.25, -0.2) is 0 Å². The molecule has 1 atom stereocenters. The molecule has 0 N–H and O–H groups in total. The molecule has 0 radical (unpaired) electrons. The van der Waals surface area contributed by atoms with Crippen molar-refractivity contribution in [1.82, 2.24) is 4.90 Å². The molecule has 0 saturated carbocycles. The van der Waals surface area contributed by atoms with E-state index in [4.69, 9.17) is 0 Å². The lowest BCUT2D eigenvalue weighted by molar-refractivity contribution is -0.120. The molecule has 1 aromatic rings. The molecule has 0 aliphatic carbocycles. The number of imide groups is 1. The first-order valence-electron chi connectivity index (χ1n) is 6.53. The first kappa shape index (κ1) is 14.9. The van der Waals surface area contributed by atoms with Crippen molar-refractivity contribution in [3.63, 3.8) is 0 Å². The number of halogens is 1. The lowest BCUT2D eigenvalue weighted by atomic mass is 9.99. The molecule has 1 heterocycles. The van der Waals surface area contributed by atoms with Crippen LogP contribution >= 0.6 is 15.9 Å². The normalized spacial score (nSPS) is 15.7. The average Bonchev–Trinajstić information content (AvgIpc) is 2.68. The smallest absolute Gasteiger partial charge is 0.262 e. The van der Waals surface area contributed by atoms with Gasteiger partial charge in [0.05, 0.1) is 22.5 Å². The quantitative estimate of drug-likeness (QED) is 0.613. The minimum atomic E-state index is -0.693. The van der Waals surface area contributed by atoms with Gasteiger partial charge in [-0.2, -0.15) is 0 Å². The maximum atomic E-state index is 12.4. The molecule has 0 bridgehead atoms. The van der Waals surface area contributed by atoms with Crippen LogP contribution in [0.5, 0.6) is 0 Å². The van der Waals surface area contributed by atoms with Crippen LogP contribution in [0.3, 0.4) is 0 Å².